The lowest BCUT2D eigenvalue weighted by molar-refractivity contribution is -0.385. The molecule has 10 nitrogen and oxygen atoms in total. The molecule has 1 N–H and O–H groups in total. The van der Waals surface area contributed by atoms with Crippen LogP contribution in [-0.4, -0.2) is 106 Å². The smallest absolute Gasteiger partial charge is 0.293 e. The molecule has 2 saturated heterocycles. The van der Waals surface area contributed by atoms with Crippen molar-refractivity contribution in [1.29, 1.82) is 0 Å². The number of amides is 1. The van der Waals surface area contributed by atoms with E-state index in [9.17, 15) is 24.8 Å². The van der Waals surface area contributed by atoms with E-state index >= 15 is 0 Å². The largest absolute Gasteiger partial charge is 0.478 e. The van der Waals surface area contributed by atoms with Gasteiger partial charge >= 0.3 is 0 Å². The van der Waals surface area contributed by atoms with E-state index in [4.69, 9.17) is 4.74 Å². The summed E-state index contributed by atoms with van der Waals surface area (Å²) in [6.45, 7) is 7.21. The van der Waals surface area contributed by atoms with Gasteiger partial charge in [-0.25, -0.2) is 0 Å². The number of thioether (sulfide) groups is 2. The van der Waals surface area contributed by atoms with Gasteiger partial charge in [0.05, 0.1) is 34.4 Å². The van der Waals surface area contributed by atoms with Crippen molar-refractivity contribution in [3.05, 3.63) is 33.4 Å². The number of carbonyl (C=O) groups excluding carboxylic acids is 2. The van der Waals surface area contributed by atoms with Crippen molar-refractivity contribution in [2.24, 2.45) is 0 Å². The minimum absolute atomic E-state index is 0. The Morgan fingerprint density at radius 1 is 1.24 bits per heavy atom. The summed E-state index contributed by atoms with van der Waals surface area (Å²) in [6.07, 6.45) is 2.49. The molecule has 205 valence electrons. The Balaban J connectivity index is 0.00000481. The number of likely N-dealkylation sites (tertiary alicyclic amines) is 1. The number of aliphatic hydroxyl groups is 1. The highest BCUT2D eigenvalue weighted by Gasteiger charge is 2.38. The number of benzene rings is 1. The van der Waals surface area contributed by atoms with Gasteiger partial charge < -0.3 is 24.3 Å². The maximum absolute atomic E-state index is 13.6. The third-order valence-corrected chi connectivity index (χ3v) is 9.16. The minimum Gasteiger partial charge on any atom is -0.478 e. The van der Waals surface area contributed by atoms with Gasteiger partial charge in [-0.15, -0.1) is 23.5 Å². The molecule has 37 heavy (non-hydrogen) atoms. The van der Waals surface area contributed by atoms with E-state index in [1.54, 1.807) is 28.4 Å². The maximum Gasteiger partial charge on any atom is 0.293 e. The highest BCUT2D eigenvalue weighted by atomic mass is 32.2. The molecule has 13 heteroatoms. The number of hydrogen-bond acceptors (Lipinski definition) is 10. The highest BCUT2D eigenvalue weighted by Crippen LogP contribution is 2.37. The molecule has 2 aliphatic rings. The van der Waals surface area contributed by atoms with Gasteiger partial charge in [0.25, 0.3) is 19.0 Å². The van der Waals surface area contributed by atoms with Crippen LogP contribution in [0.2, 0.25) is 0 Å². The average Bonchev–Trinajstić information content (AvgIpc) is 3.37. The molecular formula is C24H38BN4O6S2. The average molecular weight is 554 g/mol. The van der Waals surface area contributed by atoms with Gasteiger partial charge in [0, 0.05) is 38.3 Å². The van der Waals surface area contributed by atoms with Gasteiger partial charge in [-0.05, 0) is 30.4 Å². The van der Waals surface area contributed by atoms with E-state index in [0.717, 1.165) is 30.5 Å². The molecule has 0 bridgehead atoms. The molecule has 2 aliphatic heterocycles. The summed E-state index contributed by atoms with van der Waals surface area (Å²) >= 11 is 3.61. The number of nitro benzene ring substituents is 1. The fraction of sp³-hybridized carbons (Fsp3) is 0.667. The minimum atomic E-state index is -0.556. The molecule has 2 heterocycles. The molecule has 0 unspecified atom stereocenters. The van der Waals surface area contributed by atoms with Crippen molar-refractivity contribution in [1.82, 2.24) is 14.6 Å². The quantitative estimate of drug-likeness (QED) is 0.129. The fourth-order valence-electron chi connectivity index (χ4n) is 4.56. The van der Waals surface area contributed by atoms with E-state index in [1.165, 1.54) is 19.5 Å². The molecule has 0 aliphatic carbocycles. The number of hydrogen-bond donors (Lipinski definition) is 1. The molecule has 1 amide bonds. The van der Waals surface area contributed by atoms with Crippen molar-refractivity contribution in [2.75, 3.05) is 51.0 Å². The fourth-order valence-corrected chi connectivity index (χ4v) is 7.43. The van der Waals surface area contributed by atoms with Gasteiger partial charge in [-0.1, -0.05) is 21.3 Å². The molecule has 1 aromatic rings. The van der Waals surface area contributed by atoms with Crippen molar-refractivity contribution in [3.63, 3.8) is 0 Å². The van der Waals surface area contributed by atoms with E-state index in [1.807, 2.05) is 9.71 Å². The SMILES string of the molecule is C.CCSC(SCC)[C@@H]1CCCN1C(=O)c1cc(CO)c(OCN2CCN([B]C=O)CC2)cc1[N+](=O)[O-]. The number of piperazine rings is 1. The number of carbonyl (C=O) groups is 2. The first-order chi connectivity index (χ1) is 17.4. The summed E-state index contributed by atoms with van der Waals surface area (Å²) in [6, 6.07) is 2.69. The van der Waals surface area contributed by atoms with Crippen molar-refractivity contribution < 1.29 is 24.4 Å². The Hall–Kier alpha value is -1.80. The second kappa shape index (κ2) is 15.6. The van der Waals surface area contributed by atoms with Gasteiger partial charge in [0.15, 0.2) is 0 Å². The lowest BCUT2D eigenvalue weighted by Crippen LogP contribution is -2.49. The Labute approximate surface area is 228 Å². The van der Waals surface area contributed by atoms with Crippen LogP contribution in [-0.2, 0) is 11.4 Å². The van der Waals surface area contributed by atoms with Gasteiger partial charge in [0.2, 0.25) is 0 Å². The van der Waals surface area contributed by atoms with Crippen LogP contribution in [0.25, 0.3) is 0 Å². The first-order valence-corrected chi connectivity index (χ1v) is 14.4. The number of nitro groups is 1. The van der Waals surface area contributed by atoms with E-state index < -0.39 is 11.5 Å². The summed E-state index contributed by atoms with van der Waals surface area (Å²) < 4.78 is 6.09. The lowest BCUT2D eigenvalue weighted by atomic mass is 9.94. The summed E-state index contributed by atoms with van der Waals surface area (Å²) in [4.78, 5) is 41.4. The monoisotopic (exact) mass is 553 g/mol. The van der Waals surface area contributed by atoms with E-state index in [-0.39, 0.29) is 47.7 Å². The summed E-state index contributed by atoms with van der Waals surface area (Å²) in [5.41, 5.74) is 0.0178. The van der Waals surface area contributed by atoms with Crippen molar-refractivity contribution >= 4 is 48.7 Å². The molecule has 2 fully saturated rings. The highest BCUT2D eigenvalue weighted by molar-refractivity contribution is 8.17. The molecule has 1 atom stereocenters. The first kappa shape index (κ1) is 31.4. The second-order valence-electron chi connectivity index (χ2n) is 8.59. The Morgan fingerprint density at radius 2 is 1.92 bits per heavy atom. The topological polar surface area (TPSA) is 116 Å². The number of rotatable bonds is 13. The van der Waals surface area contributed by atoms with Crippen molar-refractivity contribution in [2.45, 2.75) is 51.3 Å². The molecule has 3 rings (SSSR count). The molecular weight excluding hydrogens is 515 g/mol. The Kier molecular flexibility index (Phi) is 13.2. The molecule has 0 aromatic heterocycles. The molecule has 0 saturated carbocycles. The predicted molar refractivity (Wildman–Crippen MR) is 151 cm³/mol. The molecule has 1 aromatic carbocycles. The van der Waals surface area contributed by atoms with Crippen LogP contribution in [0.1, 0.15) is 50.0 Å². The maximum atomic E-state index is 13.6. The standard InChI is InChI=1S/C23H34BN4O6S2.CH4/c1-3-35-23(36-4-2)19-6-5-7-27(19)22(31)18-12-17(14-29)21(13-20(18)28(32)33)34-16-25-8-10-26(11-9-25)24-15-30;/h12-13,15,19,23,29H,3-11,14,16H2,1-2H3;1H4/t19-;/m0./s1. The Morgan fingerprint density at radius 3 is 2.49 bits per heavy atom. The normalized spacial score (nSPS) is 18.5. The zero-order valence-electron chi connectivity index (χ0n) is 20.8. The van der Waals surface area contributed by atoms with Crippen LogP contribution in [0.3, 0.4) is 0 Å². The van der Waals surface area contributed by atoms with E-state index in [0.29, 0.717) is 38.3 Å². The van der Waals surface area contributed by atoms with Crippen LogP contribution < -0.4 is 4.74 Å². The second-order valence-corrected chi connectivity index (χ2v) is 11.7. The number of aliphatic hydroxyl groups excluding tert-OH is 1. The predicted octanol–water partition coefficient (Wildman–Crippen LogP) is 2.92. The van der Waals surface area contributed by atoms with Crippen molar-refractivity contribution in [3.8, 4) is 5.75 Å². The lowest BCUT2D eigenvalue weighted by Gasteiger charge is -2.33. The Bertz CT molecular complexity index is 913. The van der Waals surface area contributed by atoms with Crippen LogP contribution in [0.15, 0.2) is 12.1 Å². The third kappa shape index (κ3) is 8.09. The van der Waals surface area contributed by atoms with Gasteiger partial charge in [0.1, 0.15) is 18.0 Å². The summed E-state index contributed by atoms with van der Waals surface area (Å²) in [5, 5.41) is 22.0. The number of ether oxygens (including phenoxy) is 1. The van der Waals surface area contributed by atoms with Gasteiger partial charge in [-0.3, -0.25) is 19.8 Å². The molecule has 1 radical (unpaired) electrons. The van der Waals surface area contributed by atoms with Crippen LogP contribution in [0, 0.1) is 10.1 Å². The first-order valence-electron chi connectivity index (χ1n) is 12.3. The van der Waals surface area contributed by atoms with Crippen LogP contribution >= 0.6 is 23.5 Å². The summed E-state index contributed by atoms with van der Waals surface area (Å²) in [7, 11) is 1.51. The zero-order valence-corrected chi connectivity index (χ0v) is 22.5. The van der Waals surface area contributed by atoms with Crippen LogP contribution in [0.4, 0.5) is 5.69 Å². The van der Waals surface area contributed by atoms with E-state index in [2.05, 4.69) is 13.8 Å². The summed E-state index contributed by atoms with van der Waals surface area (Å²) in [5.74, 6) is 1.69. The van der Waals surface area contributed by atoms with Crippen LogP contribution in [0.5, 0.6) is 5.75 Å². The molecule has 0 spiro atoms. The zero-order chi connectivity index (χ0) is 26.1. The number of nitrogens with zero attached hydrogens (tertiary/aromatic N) is 4. The van der Waals surface area contributed by atoms with Gasteiger partial charge in [-0.2, -0.15) is 0 Å². The third-order valence-electron chi connectivity index (χ3n) is 6.39.